The molecule has 2 heterocycles. The Bertz CT molecular complexity index is 658. The number of H-pyrrole nitrogens is 1. The topological polar surface area (TPSA) is 71.8 Å². The van der Waals surface area contributed by atoms with Crippen molar-refractivity contribution in [2.75, 3.05) is 5.73 Å². The van der Waals surface area contributed by atoms with E-state index in [1.165, 1.54) is 11.1 Å². The van der Waals surface area contributed by atoms with Crippen molar-refractivity contribution in [1.29, 1.82) is 0 Å². The van der Waals surface area contributed by atoms with Crippen LogP contribution in [0.15, 0.2) is 11.0 Å². The number of aromatic amines is 1. The van der Waals surface area contributed by atoms with E-state index in [1.54, 1.807) is 0 Å². The highest BCUT2D eigenvalue weighted by molar-refractivity contribution is 5.85. The molecule has 19 heavy (non-hydrogen) atoms. The van der Waals surface area contributed by atoms with Gasteiger partial charge in [-0.15, -0.1) is 0 Å². The van der Waals surface area contributed by atoms with Gasteiger partial charge < -0.3 is 10.7 Å². The summed E-state index contributed by atoms with van der Waals surface area (Å²) in [5.74, 6) is 0. The van der Waals surface area contributed by atoms with Crippen LogP contribution < -0.4 is 11.3 Å². The molecule has 0 aromatic carbocycles. The largest absolute Gasteiger partial charge is 0.394 e. The van der Waals surface area contributed by atoms with Crippen molar-refractivity contribution in [3.63, 3.8) is 0 Å². The standard InChI is InChI=1S/C13H15N3O.C2H6/c1-2-8-10(14)13(17)16-12-9-5-3-4-7(9)6-15-11(8)12;1-2/h6H,2-5,14H2,1H3,(H,16,17);1-2H3. The Kier molecular flexibility index (Phi) is 3.88. The highest BCUT2D eigenvalue weighted by atomic mass is 16.1. The number of nitrogens with two attached hydrogens (primary N) is 1. The number of aryl methyl sites for hydroxylation is 3. The van der Waals surface area contributed by atoms with E-state index < -0.39 is 0 Å². The summed E-state index contributed by atoms with van der Waals surface area (Å²) in [7, 11) is 0. The molecule has 0 saturated carbocycles. The number of anilines is 1. The van der Waals surface area contributed by atoms with Crippen LogP contribution in [-0.2, 0) is 19.3 Å². The van der Waals surface area contributed by atoms with Gasteiger partial charge in [0.2, 0.25) is 0 Å². The molecule has 0 atom stereocenters. The Morgan fingerprint density at radius 2 is 2.11 bits per heavy atom. The quantitative estimate of drug-likeness (QED) is 0.826. The smallest absolute Gasteiger partial charge is 0.271 e. The minimum atomic E-state index is -0.184. The van der Waals surface area contributed by atoms with Crippen LogP contribution in [0.3, 0.4) is 0 Å². The Balaban J connectivity index is 0.000000637. The number of fused-ring (bicyclic) bond motifs is 3. The molecule has 3 N–H and O–H groups in total. The van der Waals surface area contributed by atoms with Crippen molar-refractivity contribution in [2.24, 2.45) is 0 Å². The summed E-state index contributed by atoms with van der Waals surface area (Å²) < 4.78 is 0. The van der Waals surface area contributed by atoms with Crippen LogP contribution in [0.1, 0.15) is 43.9 Å². The third kappa shape index (κ3) is 2.11. The maximum Gasteiger partial charge on any atom is 0.271 e. The zero-order valence-electron chi connectivity index (χ0n) is 11.8. The first-order valence-corrected chi connectivity index (χ1v) is 7.03. The van der Waals surface area contributed by atoms with Gasteiger partial charge in [0.05, 0.1) is 11.0 Å². The molecule has 0 unspecified atom stereocenters. The van der Waals surface area contributed by atoms with Crippen molar-refractivity contribution in [1.82, 2.24) is 9.97 Å². The number of pyridine rings is 2. The van der Waals surface area contributed by atoms with Gasteiger partial charge in [-0.1, -0.05) is 20.8 Å². The summed E-state index contributed by atoms with van der Waals surface area (Å²) in [6.07, 6.45) is 5.90. The number of rotatable bonds is 1. The molecule has 3 rings (SSSR count). The first kappa shape index (κ1) is 13.6. The average molecular weight is 259 g/mol. The fourth-order valence-corrected chi connectivity index (χ4v) is 2.71. The maximum absolute atomic E-state index is 11.8. The molecule has 0 bridgehead atoms. The molecule has 0 amide bonds. The number of hydrogen-bond acceptors (Lipinski definition) is 3. The molecule has 1 aliphatic rings. The summed E-state index contributed by atoms with van der Waals surface area (Å²) in [4.78, 5) is 19.2. The first-order chi connectivity index (χ1) is 9.22. The van der Waals surface area contributed by atoms with Crippen LogP contribution in [0.5, 0.6) is 0 Å². The average Bonchev–Trinajstić information content (AvgIpc) is 2.91. The predicted molar refractivity (Wildman–Crippen MR) is 79.5 cm³/mol. The molecule has 2 aromatic heterocycles. The van der Waals surface area contributed by atoms with Crippen LogP contribution in [0.4, 0.5) is 5.69 Å². The molecular formula is C15H21N3O. The zero-order chi connectivity index (χ0) is 14.0. The fraction of sp³-hybridized carbons (Fsp3) is 0.467. The van der Waals surface area contributed by atoms with Crippen molar-refractivity contribution in [2.45, 2.75) is 46.5 Å². The van der Waals surface area contributed by atoms with Gasteiger partial charge in [-0.3, -0.25) is 9.78 Å². The Morgan fingerprint density at radius 1 is 1.37 bits per heavy atom. The lowest BCUT2D eigenvalue weighted by atomic mass is 10.1. The lowest BCUT2D eigenvalue weighted by Crippen LogP contribution is -2.16. The fourth-order valence-electron chi connectivity index (χ4n) is 2.71. The number of nitrogens with zero attached hydrogens (tertiary/aromatic N) is 1. The van der Waals surface area contributed by atoms with Crippen molar-refractivity contribution < 1.29 is 0 Å². The molecule has 0 fully saturated rings. The van der Waals surface area contributed by atoms with Gasteiger partial charge in [0, 0.05) is 11.8 Å². The second-order valence-electron chi connectivity index (χ2n) is 4.54. The van der Waals surface area contributed by atoms with Crippen molar-refractivity contribution in [3.8, 4) is 0 Å². The van der Waals surface area contributed by atoms with E-state index in [9.17, 15) is 4.79 Å². The summed E-state index contributed by atoms with van der Waals surface area (Å²) in [5.41, 5.74) is 11.1. The monoisotopic (exact) mass is 259 g/mol. The zero-order valence-corrected chi connectivity index (χ0v) is 11.8. The molecule has 0 aliphatic heterocycles. The third-order valence-corrected chi connectivity index (χ3v) is 3.60. The van der Waals surface area contributed by atoms with E-state index in [4.69, 9.17) is 5.73 Å². The molecule has 4 heteroatoms. The molecule has 0 radical (unpaired) electrons. The van der Waals surface area contributed by atoms with Gasteiger partial charge in [-0.2, -0.15) is 0 Å². The van der Waals surface area contributed by atoms with Crippen LogP contribution in [-0.4, -0.2) is 9.97 Å². The molecule has 4 nitrogen and oxygen atoms in total. The Morgan fingerprint density at radius 3 is 2.79 bits per heavy atom. The van der Waals surface area contributed by atoms with Crippen LogP contribution in [0.2, 0.25) is 0 Å². The third-order valence-electron chi connectivity index (χ3n) is 3.60. The lowest BCUT2D eigenvalue weighted by molar-refractivity contribution is 0.911. The van der Waals surface area contributed by atoms with Crippen LogP contribution in [0, 0.1) is 0 Å². The van der Waals surface area contributed by atoms with E-state index >= 15 is 0 Å². The molecule has 0 spiro atoms. The van der Waals surface area contributed by atoms with E-state index in [1.807, 2.05) is 27.0 Å². The Labute approximate surface area is 113 Å². The number of hydrogen-bond donors (Lipinski definition) is 2. The maximum atomic E-state index is 11.8. The summed E-state index contributed by atoms with van der Waals surface area (Å²) >= 11 is 0. The van der Waals surface area contributed by atoms with E-state index in [0.29, 0.717) is 5.69 Å². The van der Waals surface area contributed by atoms with Crippen molar-refractivity contribution in [3.05, 3.63) is 33.2 Å². The van der Waals surface area contributed by atoms with E-state index in [0.717, 1.165) is 42.3 Å². The van der Waals surface area contributed by atoms with E-state index in [2.05, 4.69) is 9.97 Å². The van der Waals surface area contributed by atoms with Crippen LogP contribution >= 0.6 is 0 Å². The van der Waals surface area contributed by atoms with Gasteiger partial charge >= 0.3 is 0 Å². The minimum Gasteiger partial charge on any atom is -0.394 e. The number of nitrogen functional groups attached to an aromatic ring is 1. The van der Waals surface area contributed by atoms with Crippen LogP contribution in [0.25, 0.3) is 11.0 Å². The second kappa shape index (κ2) is 5.43. The SMILES string of the molecule is CC.CCc1c(N)c(=O)[nH]c2c3c(cnc12)CCC3. The summed E-state index contributed by atoms with van der Waals surface area (Å²) in [5, 5.41) is 0. The molecule has 1 aliphatic carbocycles. The molecule has 2 aromatic rings. The Hall–Kier alpha value is -1.84. The minimum absolute atomic E-state index is 0.184. The highest BCUT2D eigenvalue weighted by Crippen LogP contribution is 2.29. The highest BCUT2D eigenvalue weighted by Gasteiger charge is 2.18. The predicted octanol–water partition coefficient (Wildman–Crippen LogP) is 2.58. The normalized spacial score (nSPS) is 13.0. The van der Waals surface area contributed by atoms with Gasteiger partial charge in [0.1, 0.15) is 5.69 Å². The van der Waals surface area contributed by atoms with Gasteiger partial charge in [-0.25, -0.2) is 0 Å². The first-order valence-electron chi connectivity index (χ1n) is 7.03. The number of nitrogens with one attached hydrogen (secondary N) is 1. The molecular weight excluding hydrogens is 238 g/mol. The molecule has 102 valence electrons. The van der Waals surface area contributed by atoms with Gasteiger partial charge in [-0.05, 0) is 36.8 Å². The van der Waals surface area contributed by atoms with E-state index in [-0.39, 0.29) is 5.56 Å². The lowest BCUT2D eigenvalue weighted by Gasteiger charge is -2.09. The van der Waals surface area contributed by atoms with Crippen molar-refractivity contribution >= 4 is 16.7 Å². The van der Waals surface area contributed by atoms with Gasteiger partial charge in [0.25, 0.3) is 5.56 Å². The summed E-state index contributed by atoms with van der Waals surface area (Å²) in [6, 6.07) is 0. The second-order valence-corrected chi connectivity index (χ2v) is 4.54. The number of aromatic nitrogens is 2. The summed E-state index contributed by atoms with van der Waals surface area (Å²) in [6.45, 7) is 6.00. The van der Waals surface area contributed by atoms with Gasteiger partial charge in [0.15, 0.2) is 0 Å². The molecule has 0 saturated heterocycles.